The third-order valence-electron chi connectivity index (χ3n) is 4.41. The normalized spacial score (nSPS) is 10.8. The van der Waals surface area contributed by atoms with Crippen molar-refractivity contribution in [2.24, 2.45) is 0 Å². The van der Waals surface area contributed by atoms with Gasteiger partial charge in [-0.1, -0.05) is 30.3 Å². The van der Waals surface area contributed by atoms with Crippen LogP contribution in [0.1, 0.15) is 29.9 Å². The molecule has 0 bridgehead atoms. The molecule has 0 aliphatic rings. The van der Waals surface area contributed by atoms with Crippen molar-refractivity contribution in [3.63, 3.8) is 0 Å². The lowest BCUT2D eigenvalue weighted by atomic mass is 10.1. The van der Waals surface area contributed by atoms with Crippen molar-refractivity contribution in [3.05, 3.63) is 89.5 Å². The summed E-state index contributed by atoms with van der Waals surface area (Å²) in [5.41, 5.74) is 1.44. The highest BCUT2D eigenvalue weighted by Gasteiger charge is 2.18. The zero-order chi connectivity index (χ0) is 21.0. The Labute approximate surface area is 167 Å². The SMILES string of the molecule is CC(C)N(Cc1ccccc1)c1ccnc(C(=O)Nc2ccc(F)c(F)c2F)c1. The smallest absolute Gasteiger partial charge is 0.274 e. The number of nitrogens with zero attached hydrogens (tertiary/aromatic N) is 2. The Hall–Kier alpha value is -3.35. The second-order valence-corrected chi connectivity index (χ2v) is 6.78. The second kappa shape index (κ2) is 8.77. The number of anilines is 2. The number of aromatic nitrogens is 1. The molecule has 7 heteroatoms. The van der Waals surface area contributed by atoms with E-state index >= 15 is 0 Å². The van der Waals surface area contributed by atoms with Gasteiger partial charge < -0.3 is 10.2 Å². The largest absolute Gasteiger partial charge is 0.365 e. The van der Waals surface area contributed by atoms with Gasteiger partial charge in [0, 0.05) is 24.5 Å². The summed E-state index contributed by atoms with van der Waals surface area (Å²) < 4.78 is 40.3. The Morgan fingerprint density at radius 3 is 2.45 bits per heavy atom. The lowest BCUT2D eigenvalue weighted by Gasteiger charge is -2.29. The van der Waals surface area contributed by atoms with Gasteiger partial charge in [-0.25, -0.2) is 13.2 Å². The minimum absolute atomic E-state index is 0.0327. The number of hydrogen-bond acceptors (Lipinski definition) is 3. The number of carbonyl (C=O) groups excluding carboxylic acids is 1. The van der Waals surface area contributed by atoms with Crippen LogP contribution in [0.15, 0.2) is 60.8 Å². The number of halogens is 3. The first kappa shape index (κ1) is 20.4. The van der Waals surface area contributed by atoms with Crippen LogP contribution in [0.2, 0.25) is 0 Å². The summed E-state index contributed by atoms with van der Waals surface area (Å²) in [4.78, 5) is 18.6. The molecule has 0 fully saturated rings. The first-order valence-corrected chi connectivity index (χ1v) is 9.08. The van der Waals surface area contributed by atoms with Gasteiger partial charge in [-0.2, -0.15) is 0 Å². The molecule has 0 aliphatic carbocycles. The molecule has 150 valence electrons. The minimum Gasteiger partial charge on any atom is -0.365 e. The molecular weight excluding hydrogens is 379 g/mol. The van der Waals surface area contributed by atoms with Crippen LogP contribution in [0, 0.1) is 17.5 Å². The number of amides is 1. The van der Waals surface area contributed by atoms with Crippen LogP contribution in [0.25, 0.3) is 0 Å². The van der Waals surface area contributed by atoms with Crippen molar-refractivity contribution in [1.29, 1.82) is 0 Å². The van der Waals surface area contributed by atoms with Gasteiger partial charge in [-0.15, -0.1) is 0 Å². The van der Waals surface area contributed by atoms with E-state index in [9.17, 15) is 18.0 Å². The Balaban J connectivity index is 1.84. The van der Waals surface area contributed by atoms with Crippen molar-refractivity contribution in [2.45, 2.75) is 26.4 Å². The molecule has 0 atom stereocenters. The molecule has 0 radical (unpaired) electrons. The molecule has 2 aromatic carbocycles. The summed E-state index contributed by atoms with van der Waals surface area (Å²) in [5.74, 6) is -5.14. The number of hydrogen-bond donors (Lipinski definition) is 1. The van der Waals surface area contributed by atoms with Gasteiger partial charge in [0.25, 0.3) is 5.91 Å². The fourth-order valence-corrected chi connectivity index (χ4v) is 2.88. The highest BCUT2D eigenvalue weighted by molar-refractivity contribution is 6.03. The highest BCUT2D eigenvalue weighted by Crippen LogP contribution is 2.23. The van der Waals surface area contributed by atoms with Crippen LogP contribution in [0.5, 0.6) is 0 Å². The molecule has 29 heavy (non-hydrogen) atoms. The Bertz CT molecular complexity index is 1010. The number of benzene rings is 2. The van der Waals surface area contributed by atoms with Crippen LogP contribution in [-0.2, 0) is 6.54 Å². The Kier molecular flexibility index (Phi) is 6.16. The zero-order valence-electron chi connectivity index (χ0n) is 16.0. The third-order valence-corrected chi connectivity index (χ3v) is 4.41. The topological polar surface area (TPSA) is 45.2 Å². The second-order valence-electron chi connectivity index (χ2n) is 6.78. The molecule has 1 amide bonds. The van der Waals surface area contributed by atoms with E-state index in [1.54, 1.807) is 12.1 Å². The average Bonchev–Trinajstić information content (AvgIpc) is 2.73. The molecule has 0 saturated carbocycles. The molecular formula is C22H20F3N3O. The predicted octanol–water partition coefficient (Wildman–Crippen LogP) is 5.17. The van der Waals surface area contributed by atoms with Crippen molar-refractivity contribution in [1.82, 2.24) is 4.98 Å². The standard InChI is InChI=1S/C22H20F3N3O/c1-14(2)28(13-15-6-4-3-5-7-15)16-10-11-26-19(12-16)22(29)27-18-9-8-17(23)20(24)21(18)25/h3-12,14H,13H2,1-2H3,(H,27,29). The molecule has 3 rings (SSSR count). The summed E-state index contributed by atoms with van der Waals surface area (Å²) >= 11 is 0. The van der Waals surface area contributed by atoms with E-state index in [1.165, 1.54) is 6.20 Å². The van der Waals surface area contributed by atoms with Gasteiger partial charge in [-0.05, 0) is 43.7 Å². The maximum Gasteiger partial charge on any atom is 0.274 e. The van der Waals surface area contributed by atoms with E-state index in [1.807, 2.05) is 44.2 Å². The molecule has 1 N–H and O–H groups in total. The monoisotopic (exact) mass is 399 g/mol. The molecule has 1 heterocycles. The molecule has 0 spiro atoms. The van der Waals surface area contributed by atoms with Crippen LogP contribution >= 0.6 is 0 Å². The third kappa shape index (κ3) is 4.74. The molecule has 3 aromatic rings. The molecule has 1 aromatic heterocycles. The van der Waals surface area contributed by atoms with Gasteiger partial charge in [-0.3, -0.25) is 9.78 Å². The van der Waals surface area contributed by atoms with Gasteiger partial charge >= 0.3 is 0 Å². The van der Waals surface area contributed by atoms with Crippen LogP contribution in [0.3, 0.4) is 0 Å². The number of nitrogens with one attached hydrogen (secondary N) is 1. The van der Waals surface area contributed by atoms with E-state index < -0.39 is 29.0 Å². The van der Waals surface area contributed by atoms with Gasteiger partial charge in [0.15, 0.2) is 17.5 Å². The lowest BCUT2D eigenvalue weighted by Crippen LogP contribution is -2.30. The molecule has 0 saturated heterocycles. The van der Waals surface area contributed by atoms with Crippen LogP contribution < -0.4 is 10.2 Å². The fourth-order valence-electron chi connectivity index (χ4n) is 2.88. The van der Waals surface area contributed by atoms with Crippen LogP contribution in [-0.4, -0.2) is 16.9 Å². The lowest BCUT2D eigenvalue weighted by molar-refractivity contribution is 0.102. The van der Waals surface area contributed by atoms with Gasteiger partial charge in [0.2, 0.25) is 0 Å². The summed E-state index contributed by atoms with van der Waals surface area (Å²) in [6, 6.07) is 15.1. The van der Waals surface area contributed by atoms with Crippen molar-refractivity contribution < 1.29 is 18.0 Å². The highest BCUT2D eigenvalue weighted by atomic mass is 19.2. The summed E-state index contributed by atoms with van der Waals surface area (Å²) in [6.45, 7) is 4.68. The number of carbonyl (C=O) groups is 1. The van der Waals surface area contributed by atoms with E-state index in [-0.39, 0.29) is 11.7 Å². The maximum absolute atomic E-state index is 13.8. The molecule has 0 unspecified atom stereocenters. The van der Waals surface area contributed by atoms with Crippen molar-refractivity contribution >= 4 is 17.3 Å². The van der Waals surface area contributed by atoms with Gasteiger partial charge in [0.05, 0.1) is 5.69 Å². The van der Waals surface area contributed by atoms with Crippen LogP contribution in [0.4, 0.5) is 24.5 Å². The van der Waals surface area contributed by atoms with E-state index in [2.05, 4.69) is 15.2 Å². The van der Waals surface area contributed by atoms with E-state index in [0.29, 0.717) is 6.54 Å². The molecule has 4 nitrogen and oxygen atoms in total. The summed E-state index contributed by atoms with van der Waals surface area (Å²) in [7, 11) is 0. The van der Waals surface area contributed by atoms with Gasteiger partial charge in [0.1, 0.15) is 5.69 Å². The van der Waals surface area contributed by atoms with Crippen molar-refractivity contribution in [3.8, 4) is 0 Å². The Morgan fingerprint density at radius 1 is 1.03 bits per heavy atom. The van der Waals surface area contributed by atoms with Crippen molar-refractivity contribution in [2.75, 3.05) is 10.2 Å². The average molecular weight is 399 g/mol. The zero-order valence-corrected chi connectivity index (χ0v) is 16.0. The maximum atomic E-state index is 13.8. The Morgan fingerprint density at radius 2 is 1.76 bits per heavy atom. The number of pyridine rings is 1. The molecule has 0 aliphatic heterocycles. The quantitative estimate of drug-likeness (QED) is 0.582. The first-order chi connectivity index (χ1) is 13.9. The predicted molar refractivity (Wildman–Crippen MR) is 106 cm³/mol. The summed E-state index contributed by atoms with van der Waals surface area (Å²) in [5, 5.41) is 2.24. The first-order valence-electron chi connectivity index (χ1n) is 9.08. The minimum atomic E-state index is -1.64. The van der Waals surface area contributed by atoms with E-state index in [4.69, 9.17) is 0 Å². The number of rotatable bonds is 6. The fraction of sp³-hybridized carbons (Fsp3) is 0.182. The van der Waals surface area contributed by atoms with E-state index in [0.717, 1.165) is 23.4 Å². The summed E-state index contributed by atoms with van der Waals surface area (Å²) in [6.07, 6.45) is 1.48.